The van der Waals surface area contributed by atoms with E-state index >= 15 is 0 Å². The lowest BCUT2D eigenvalue weighted by Crippen LogP contribution is -2.53. The molecule has 0 aromatic rings. The lowest BCUT2D eigenvalue weighted by Gasteiger charge is -2.48. The van der Waals surface area contributed by atoms with Gasteiger partial charge in [-0.1, -0.05) is 50.9 Å². The molecule has 8 unspecified atom stereocenters. The van der Waals surface area contributed by atoms with Crippen LogP contribution in [0.5, 0.6) is 0 Å². The van der Waals surface area contributed by atoms with Crippen molar-refractivity contribution >= 4 is 15.4 Å². The van der Waals surface area contributed by atoms with Crippen molar-refractivity contribution in [2.24, 2.45) is 35.5 Å². The van der Waals surface area contributed by atoms with E-state index in [4.69, 9.17) is 0 Å². The molecular weight excluding hydrogens is 331 g/mol. The fraction of sp³-hybridized carbons (Fsp3) is 0.950. The smallest absolute Gasteiger partial charge is 0.306 e. The van der Waals surface area contributed by atoms with Crippen LogP contribution in [0.4, 0.5) is 0 Å². The molecule has 148 valence electrons. The van der Waals surface area contributed by atoms with Crippen molar-refractivity contribution in [2.45, 2.75) is 73.4 Å². The summed E-state index contributed by atoms with van der Waals surface area (Å²) in [4.78, 5) is 13.9. The molecule has 1 aliphatic heterocycles. The second-order valence-corrected chi connectivity index (χ2v) is 9.77. The third kappa shape index (κ3) is 5.91. The minimum atomic E-state index is -0.676. The third-order valence-electron chi connectivity index (χ3n) is 6.57. The monoisotopic (exact) mass is 372 g/mol. The molecule has 0 aromatic carbocycles. The fourth-order valence-corrected chi connectivity index (χ4v) is 5.37. The summed E-state index contributed by atoms with van der Waals surface area (Å²) >= 11 is 0. The highest BCUT2D eigenvalue weighted by Crippen LogP contribution is 2.39. The Balaban J connectivity index is 3.04. The summed E-state index contributed by atoms with van der Waals surface area (Å²) in [6.07, 6.45) is 2.18. The average Bonchev–Trinajstić information content (AvgIpc) is 2.49. The molecule has 4 nitrogen and oxygen atoms in total. The van der Waals surface area contributed by atoms with Gasteiger partial charge in [-0.05, 0) is 56.4 Å². The van der Waals surface area contributed by atoms with Gasteiger partial charge in [0, 0.05) is 12.1 Å². The Morgan fingerprint density at radius 2 is 1.76 bits per heavy atom. The van der Waals surface area contributed by atoms with Crippen LogP contribution < -0.4 is 0 Å². The first-order valence-corrected chi connectivity index (χ1v) is 10.4. The van der Waals surface area contributed by atoms with Gasteiger partial charge in [0.1, 0.15) is 0 Å². The van der Waals surface area contributed by atoms with E-state index in [1.165, 1.54) is 6.42 Å². The normalized spacial score (nSPS) is 33.5. The van der Waals surface area contributed by atoms with Crippen LogP contribution >= 0.6 is 9.39 Å². The zero-order valence-corrected chi connectivity index (χ0v) is 18.7. The number of aliphatic carboxylic acids is 1. The number of carbonyl (C=O) groups is 1. The van der Waals surface area contributed by atoms with Gasteiger partial charge in [0.25, 0.3) is 0 Å². The van der Waals surface area contributed by atoms with Crippen molar-refractivity contribution < 1.29 is 9.90 Å². The van der Waals surface area contributed by atoms with Crippen LogP contribution in [0.3, 0.4) is 0 Å². The maximum absolute atomic E-state index is 11.3. The van der Waals surface area contributed by atoms with E-state index in [9.17, 15) is 9.90 Å². The summed E-state index contributed by atoms with van der Waals surface area (Å²) in [7, 11) is 5.14. The van der Waals surface area contributed by atoms with E-state index in [2.05, 4.69) is 67.6 Å². The summed E-state index contributed by atoms with van der Waals surface area (Å²) in [5.74, 6) is 1.62. The van der Waals surface area contributed by atoms with E-state index in [1.54, 1.807) is 0 Å². The lowest BCUT2D eigenvalue weighted by atomic mass is 9.70. The van der Waals surface area contributed by atoms with Gasteiger partial charge >= 0.3 is 5.97 Å². The molecule has 0 bridgehead atoms. The van der Waals surface area contributed by atoms with E-state index in [-0.39, 0.29) is 11.8 Å². The minimum Gasteiger partial charge on any atom is -0.481 e. The quantitative estimate of drug-likeness (QED) is 0.701. The first-order chi connectivity index (χ1) is 11.5. The Hall–Kier alpha value is -0.180. The van der Waals surface area contributed by atoms with Gasteiger partial charge in [0.15, 0.2) is 0 Å². The maximum Gasteiger partial charge on any atom is 0.306 e. The summed E-state index contributed by atoms with van der Waals surface area (Å²) in [5.41, 5.74) is 0. The number of hydrogen-bond donors (Lipinski definition) is 1. The number of nitrogens with zero attached hydrogens (tertiary/aromatic N) is 2. The molecule has 1 aliphatic rings. The standard InChI is InChI=1S/C20H41N2O2P/c1-12(2)18-14(4)10-16(6)22(25)11-21(8)19(18)15(5)9-13(3)17(7)20(23)24/h12-19H,9-11,25H2,1-8H3,(H,23,24). The van der Waals surface area contributed by atoms with E-state index in [0.29, 0.717) is 35.8 Å². The summed E-state index contributed by atoms with van der Waals surface area (Å²) in [5, 5.41) is 9.34. The molecule has 0 aliphatic carbocycles. The highest BCUT2D eigenvalue weighted by atomic mass is 31.0. The van der Waals surface area contributed by atoms with E-state index < -0.39 is 5.97 Å². The molecule has 1 rings (SSSR count). The van der Waals surface area contributed by atoms with Crippen molar-refractivity contribution in [1.29, 1.82) is 0 Å². The largest absolute Gasteiger partial charge is 0.481 e. The van der Waals surface area contributed by atoms with Gasteiger partial charge in [-0.3, -0.25) is 14.4 Å². The zero-order valence-electron chi connectivity index (χ0n) is 17.6. The van der Waals surface area contributed by atoms with Gasteiger partial charge in [-0.25, -0.2) is 0 Å². The number of rotatable bonds is 6. The minimum absolute atomic E-state index is 0.195. The predicted molar refractivity (Wildman–Crippen MR) is 109 cm³/mol. The molecule has 0 radical (unpaired) electrons. The second-order valence-electron chi connectivity index (χ2n) is 9.10. The molecular formula is C20H41N2O2P. The highest BCUT2D eigenvalue weighted by molar-refractivity contribution is 7.13. The molecule has 1 saturated heterocycles. The SMILES string of the molecule is CC(C)C1C(C)CC(C)N(P)CN(C)C1C(C)CC(C)C(C)C(=O)O. The molecule has 0 amide bonds. The zero-order chi connectivity index (χ0) is 19.5. The summed E-state index contributed by atoms with van der Waals surface area (Å²) in [6, 6.07) is 1.04. The van der Waals surface area contributed by atoms with Crippen LogP contribution in [0.15, 0.2) is 0 Å². The Morgan fingerprint density at radius 1 is 1.20 bits per heavy atom. The Kier molecular flexibility index (Phi) is 8.84. The van der Waals surface area contributed by atoms with Gasteiger partial charge in [-0.15, -0.1) is 0 Å². The van der Waals surface area contributed by atoms with Gasteiger partial charge < -0.3 is 5.11 Å². The maximum atomic E-state index is 11.3. The molecule has 8 atom stereocenters. The van der Waals surface area contributed by atoms with Crippen LogP contribution in [0.1, 0.15) is 61.3 Å². The molecule has 1 heterocycles. The summed E-state index contributed by atoms with van der Waals surface area (Å²) < 4.78 is 2.37. The van der Waals surface area contributed by atoms with E-state index in [1.807, 2.05) is 6.92 Å². The van der Waals surface area contributed by atoms with Crippen LogP contribution in [0.25, 0.3) is 0 Å². The number of hydrogen-bond acceptors (Lipinski definition) is 3. The molecule has 1 fully saturated rings. The van der Waals surface area contributed by atoms with Crippen molar-refractivity contribution in [2.75, 3.05) is 13.7 Å². The number of carboxylic acids is 1. The molecule has 25 heavy (non-hydrogen) atoms. The van der Waals surface area contributed by atoms with Crippen LogP contribution in [-0.2, 0) is 4.79 Å². The molecule has 0 spiro atoms. The molecule has 0 saturated carbocycles. The van der Waals surface area contributed by atoms with Crippen molar-refractivity contribution in [1.82, 2.24) is 9.57 Å². The van der Waals surface area contributed by atoms with Crippen LogP contribution in [-0.4, -0.2) is 46.4 Å². The topological polar surface area (TPSA) is 43.8 Å². The van der Waals surface area contributed by atoms with Crippen LogP contribution in [0.2, 0.25) is 0 Å². The Labute approximate surface area is 158 Å². The van der Waals surface area contributed by atoms with Crippen LogP contribution in [0, 0.1) is 35.5 Å². The lowest BCUT2D eigenvalue weighted by molar-refractivity contribution is -0.143. The molecule has 5 heteroatoms. The van der Waals surface area contributed by atoms with Crippen molar-refractivity contribution in [3.8, 4) is 0 Å². The van der Waals surface area contributed by atoms with Crippen molar-refractivity contribution in [3.05, 3.63) is 0 Å². The average molecular weight is 373 g/mol. The van der Waals surface area contributed by atoms with Gasteiger partial charge in [0.2, 0.25) is 0 Å². The Bertz CT molecular complexity index is 432. The van der Waals surface area contributed by atoms with E-state index in [0.717, 1.165) is 13.1 Å². The van der Waals surface area contributed by atoms with Gasteiger partial charge in [0.05, 0.1) is 12.6 Å². The molecule has 1 N–H and O–H groups in total. The van der Waals surface area contributed by atoms with Crippen molar-refractivity contribution in [3.63, 3.8) is 0 Å². The van der Waals surface area contributed by atoms with Gasteiger partial charge in [-0.2, -0.15) is 0 Å². The second kappa shape index (κ2) is 9.67. The third-order valence-corrected chi connectivity index (χ3v) is 7.24. The number of carboxylic acid groups (broad SMARTS) is 1. The molecule has 0 aromatic heterocycles. The first kappa shape index (κ1) is 22.9. The Morgan fingerprint density at radius 3 is 2.24 bits per heavy atom. The first-order valence-electron chi connectivity index (χ1n) is 9.91. The highest BCUT2D eigenvalue weighted by Gasteiger charge is 2.39. The fourth-order valence-electron chi connectivity index (χ4n) is 4.99. The predicted octanol–water partition coefficient (Wildman–Crippen LogP) is 4.42. The summed E-state index contributed by atoms with van der Waals surface area (Å²) in [6.45, 7) is 16.6.